The van der Waals surface area contributed by atoms with Crippen LogP contribution >= 0.6 is 0 Å². The first-order valence-corrected chi connectivity index (χ1v) is 32.1. The van der Waals surface area contributed by atoms with E-state index in [0.29, 0.717) is 19.3 Å². The molecule has 75 heavy (non-hydrogen) atoms. The molecular formula is C69H120O6. The summed E-state index contributed by atoms with van der Waals surface area (Å²) in [5.41, 5.74) is 0. The molecule has 6 heteroatoms. The third-order valence-corrected chi connectivity index (χ3v) is 13.9. The maximum absolute atomic E-state index is 12.8. The van der Waals surface area contributed by atoms with Gasteiger partial charge in [0, 0.05) is 19.3 Å². The van der Waals surface area contributed by atoms with Crippen LogP contribution in [0.4, 0.5) is 0 Å². The van der Waals surface area contributed by atoms with Crippen LogP contribution in [0.1, 0.15) is 316 Å². The monoisotopic (exact) mass is 1040 g/mol. The van der Waals surface area contributed by atoms with Gasteiger partial charge in [-0.2, -0.15) is 0 Å². The molecule has 0 amide bonds. The van der Waals surface area contributed by atoms with Crippen molar-refractivity contribution < 1.29 is 28.6 Å². The molecule has 0 aliphatic rings. The van der Waals surface area contributed by atoms with E-state index in [9.17, 15) is 14.4 Å². The highest BCUT2D eigenvalue weighted by molar-refractivity contribution is 5.71. The number of ether oxygens (including phenoxy) is 3. The van der Waals surface area contributed by atoms with E-state index in [1.54, 1.807) is 0 Å². The average Bonchev–Trinajstić information content (AvgIpc) is 3.41. The summed E-state index contributed by atoms with van der Waals surface area (Å²) in [7, 11) is 0. The summed E-state index contributed by atoms with van der Waals surface area (Å²) in [5.74, 6) is -0.890. The van der Waals surface area contributed by atoms with Crippen LogP contribution in [0.2, 0.25) is 0 Å². The molecule has 0 spiro atoms. The summed E-state index contributed by atoms with van der Waals surface area (Å²) in [6, 6.07) is 0. The SMILES string of the molecule is CC/C=C\C/C=C\C/C=C\C/C=C\C/C=C\CCCCCCCCCCCCCCCCCCCCCC(=O)OCC(COC(=O)CCCCCCCC)OC(=O)CCCCCCC/C=C\C/C=C\CCCCCC. The molecule has 0 bridgehead atoms. The minimum Gasteiger partial charge on any atom is -0.462 e. The van der Waals surface area contributed by atoms with Gasteiger partial charge in [-0.3, -0.25) is 14.4 Å². The van der Waals surface area contributed by atoms with Crippen LogP contribution in [-0.2, 0) is 28.6 Å². The fraction of sp³-hybridized carbons (Fsp3) is 0.754. The van der Waals surface area contributed by atoms with Crippen LogP contribution in [-0.4, -0.2) is 37.2 Å². The number of allylic oxidation sites excluding steroid dienone is 14. The summed E-state index contributed by atoms with van der Waals surface area (Å²) in [4.78, 5) is 37.9. The van der Waals surface area contributed by atoms with Gasteiger partial charge in [0.1, 0.15) is 13.2 Å². The minimum absolute atomic E-state index is 0.0779. The number of hydrogen-bond acceptors (Lipinski definition) is 6. The number of esters is 3. The van der Waals surface area contributed by atoms with Gasteiger partial charge in [-0.05, 0) is 96.3 Å². The van der Waals surface area contributed by atoms with Gasteiger partial charge < -0.3 is 14.2 Å². The van der Waals surface area contributed by atoms with Crippen molar-refractivity contribution in [3.63, 3.8) is 0 Å². The summed E-state index contributed by atoms with van der Waals surface area (Å²) in [6.45, 7) is 6.46. The molecule has 6 nitrogen and oxygen atoms in total. The maximum atomic E-state index is 12.8. The van der Waals surface area contributed by atoms with Crippen molar-refractivity contribution in [1.29, 1.82) is 0 Å². The first kappa shape index (κ1) is 71.6. The molecule has 1 unspecified atom stereocenters. The second kappa shape index (κ2) is 63.1. The molecule has 1 atom stereocenters. The van der Waals surface area contributed by atoms with Gasteiger partial charge in [-0.25, -0.2) is 0 Å². The molecule has 0 fully saturated rings. The zero-order valence-corrected chi connectivity index (χ0v) is 49.6. The number of hydrogen-bond donors (Lipinski definition) is 0. The van der Waals surface area contributed by atoms with Gasteiger partial charge in [0.2, 0.25) is 0 Å². The highest BCUT2D eigenvalue weighted by Gasteiger charge is 2.19. The lowest BCUT2D eigenvalue weighted by Crippen LogP contribution is -2.30. The van der Waals surface area contributed by atoms with E-state index in [1.807, 2.05) is 0 Å². The van der Waals surface area contributed by atoms with Crippen LogP contribution in [0.15, 0.2) is 85.1 Å². The van der Waals surface area contributed by atoms with Crippen LogP contribution in [0, 0.1) is 0 Å². The highest BCUT2D eigenvalue weighted by Crippen LogP contribution is 2.17. The lowest BCUT2D eigenvalue weighted by molar-refractivity contribution is -0.167. The third-order valence-electron chi connectivity index (χ3n) is 13.9. The Hall–Kier alpha value is -3.41. The Morgan fingerprint density at radius 2 is 0.520 bits per heavy atom. The van der Waals surface area contributed by atoms with Crippen molar-refractivity contribution in [2.24, 2.45) is 0 Å². The van der Waals surface area contributed by atoms with Crippen molar-refractivity contribution >= 4 is 17.9 Å². The Morgan fingerprint density at radius 3 is 0.827 bits per heavy atom. The van der Waals surface area contributed by atoms with Crippen molar-refractivity contribution in [3.8, 4) is 0 Å². The molecule has 0 aliphatic heterocycles. The van der Waals surface area contributed by atoms with E-state index in [2.05, 4.69) is 106 Å². The van der Waals surface area contributed by atoms with Crippen LogP contribution in [0.3, 0.4) is 0 Å². The minimum atomic E-state index is -0.778. The smallest absolute Gasteiger partial charge is 0.306 e. The molecule has 0 aliphatic carbocycles. The summed E-state index contributed by atoms with van der Waals surface area (Å²) < 4.78 is 16.8. The first-order valence-electron chi connectivity index (χ1n) is 32.1. The Bertz CT molecular complexity index is 1430. The van der Waals surface area contributed by atoms with Gasteiger partial charge >= 0.3 is 17.9 Å². The molecule has 0 saturated carbocycles. The zero-order chi connectivity index (χ0) is 54.3. The fourth-order valence-corrected chi connectivity index (χ4v) is 9.09. The van der Waals surface area contributed by atoms with E-state index in [0.717, 1.165) is 116 Å². The lowest BCUT2D eigenvalue weighted by Gasteiger charge is -2.18. The van der Waals surface area contributed by atoms with E-state index < -0.39 is 6.10 Å². The normalized spacial score (nSPS) is 12.6. The molecule has 0 saturated heterocycles. The Balaban J connectivity index is 3.96. The Morgan fingerprint density at radius 1 is 0.280 bits per heavy atom. The van der Waals surface area contributed by atoms with Crippen LogP contribution in [0.5, 0.6) is 0 Å². The number of rotatable bonds is 58. The van der Waals surface area contributed by atoms with Crippen LogP contribution < -0.4 is 0 Å². The van der Waals surface area contributed by atoms with Gasteiger partial charge in [0.15, 0.2) is 6.10 Å². The largest absolute Gasteiger partial charge is 0.462 e. The lowest BCUT2D eigenvalue weighted by atomic mass is 10.0. The summed E-state index contributed by atoms with van der Waals surface area (Å²) in [6.07, 6.45) is 83.6. The van der Waals surface area contributed by atoms with E-state index >= 15 is 0 Å². The molecule has 0 aromatic heterocycles. The molecule has 0 heterocycles. The summed E-state index contributed by atoms with van der Waals surface area (Å²) >= 11 is 0. The number of carbonyl (C=O) groups is 3. The predicted molar refractivity (Wildman–Crippen MR) is 325 cm³/mol. The van der Waals surface area contributed by atoms with Crippen molar-refractivity contribution in [3.05, 3.63) is 85.1 Å². The van der Waals surface area contributed by atoms with Gasteiger partial charge in [-0.1, -0.05) is 286 Å². The molecule has 0 aromatic rings. The number of unbranched alkanes of at least 4 members (excludes halogenated alkanes) is 33. The topological polar surface area (TPSA) is 78.9 Å². The van der Waals surface area contributed by atoms with E-state index in [1.165, 1.54) is 161 Å². The summed E-state index contributed by atoms with van der Waals surface area (Å²) in [5, 5.41) is 0. The molecular weight excluding hydrogens is 925 g/mol. The quantitative estimate of drug-likeness (QED) is 0.0261. The standard InChI is InChI=1S/C69H120O6/c1-4-7-10-13-16-18-20-22-24-26-27-28-29-30-31-32-33-34-35-36-37-38-39-40-41-42-43-44-46-47-49-51-53-56-59-62-68(71)74-65-66(64-73-67(70)61-58-55-15-12-9-6-3)75-69(72)63-60-57-54-52-50-48-45-25-23-21-19-17-14-11-8-5-2/h7,10,16,18-19,21-22,24-25,27-28,30-31,45,66H,4-6,8-9,11-15,17,20,23,26,29,32-44,46-65H2,1-3H3/b10-7-,18-16-,21-19-,24-22-,28-27-,31-30-,45-25-. The third kappa shape index (κ3) is 61.3. The fourth-order valence-electron chi connectivity index (χ4n) is 9.09. The van der Waals surface area contributed by atoms with E-state index in [-0.39, 0.29) is 31.1 Å². The second-order valence-electron chi connectivity index (χ2n) is 21.3. The van der Waals surface area contributed by atoms with E-state index in [4.69, 9.17) is 14.2 Å². The highest BCUT2D eigenvalue weighted by atomic mass is 16.6. The molecule has 0 aromatic carbocycles. The predicted octanol–water partition coefficient (Wildman–Crippen LogP) is 21.9. The van der Waals surface area contributed by atoms with Gasteiger partial charge in [0.05, 0.1) is 0 Å². The molecule has 0 rings (SSSR count). The Kier molecular flexibility index (Phi) is 60.3. The molecule has 0 N–H and O–H groups in total. The Labute approximate surface area is 465 Å². The second-order valence-corrected chi connectivity index (χ2v) is 21.3. The average molecular weight is 1050 g/mol. The first-order chi connectivity index (χ1) is 37.0. The van der Waals surface area contributed by atoms with Crippen molar-refractivity contribution in [2.45, 2.75) is 322 Å². The van der Waals surface area contributed by atoms with Gasteiger partial charge in [-0.15, -0.1) is 0 Å². The maximum Gasteiger partial charge on any atom is 0.306 e. The number of carbonyl (C=O) groups excluding carboxylic acids is 3. The van der Waals surface area contributed by atoms with Crippen LogP contribution in [0.25, 0.3) is 0 Å². The van der Waals surface area contributed by atoms with Gasteiger partial charge in [0.25, 0.3) is 0 Å². The van der Waals surface area contributed by atoms with Crippen molar-refractivity contribution in [2.75, 3.05) is 13.2 Å². The zero-order valence-electron chi connectivity index (χ0n) is 49.6. The van der Waals surface area contributed by atoms with Crippen molar-refractivity contribution in [1.82, 2.24) is 0 Å². The molecule has 432 valence electrons. The molecule has 0 radical (unpaired) electrons.